The van der Waals surface area contributed by atoms with Crippen molar-refractivity contribution in [1.29, 1.82) is 0 Å². The highest BCUT2D eigenvalue weighted by atomic mass is 19.1. The summed E-state index contributed by atoms with van der Waals surface area (Å²) in [5.74, 6) is -1.44. The van der Waals surface area contributed by atoms with Crippen molar-refractivity contribution in [3.63, 3.8) is 0 Å². The number of hydrogen-bond acceptors (Lipinski definition) is 3. The van der Waals surface area contributed by atoms with E-state index >= 15 is 0 Å². The number of rotatable bonds is 3. The molecule has 0 saturated carbocycles. The molecule has 1 atom stereocenters. The Balaban J connectivity index is 2.05. The third-order valence-electron chi connectivity index (χ3n) is 3.36. The van der Waals surface area contributed by atoms with E-state index in [9.17, 15) is 13.6 Å². The van der Waals surface area contributed by atoms with Crippen molar-refractivity contribution in [3.05, 3.63) is 29.8 Å². The van der Waals surface area contributed by atoms with Crippen molar-refractivity contribution in [2.24, 2.45) is 5.73 Å². The average molecular weight is 283 g/mol. The molecule has 1 saturated heterocycles. The van der Waals surface area contributed by atoms with Gasteiger partial charge in [-0.1, -0.05) is 6.07 Å². The van der Waals surface area contributed by atoms with Gasteiger partial charge >= 0.3 is 0 Å². The molecule has 0 aromatic heterocycles. The summed E-state index contributed by atoms with van der Waals surface area (Å²) in [7, 11) is 0. The molecule has 1 amide bonds. The van der Waals surface area contributed by atoms with Gasteiger partial charge in [0.05, 0.1) is 5.54 Å². The van der Waals surface area contributed by atoms with E-state index in [2.05, 4.69) is 5.32 Å². The van der Waals surface area contributed by atoms with Crippen LogP contribution >= 0.6 is 0 Å². The number of para-hydroxylation sites is 1. The minimum atomic E-state index is -0.962. The largest absolute Gasteiger partial charge is 0.365 e. The van der Waals surface area contributed by atoms with Crippen molar-refractivity contribution in [3.8, 4) is 0 Å². The third kappa shape index (κ3) is 3.07. The van der Waals surface area contributed by atoms with E-state index in [4.69, 9.17) is 5.73 Å². The van der Waals surface area contributed by atoms with E-state index in [0.29, 0.717) is 19.5 Å². The molecule has 1 aromatic carbocycles. The molecule has 4 nitrogen and oxygen atoms in total. The number of anilines is 1. The first-order valence-corrected chi connectivity index (χ1v) is 6.58. The molecule has 2 rings (SSSR count). The Labute approximate surface area is 116 Å². The summed E-state index contributed by atoms with van der Waals surface area (Å²) in [6.07, 6.45) is 0.635. The van der Waals surface area contributed by atoms with Gasteiger partial charge in [-0.3, -0.25) is 4.79 Å². The van der Waals surface area contributed by atoms with Crippen LogP contribution in [-0.4, -0.2) is 30.6 Å². The lowest BCUT2D eigenvalue weighted by molar-refractivity contribution is -0.125. The van der Waals surface area contributed by atoms with Crippen molar-refractivity contribution in [2.75, 3.05) is 18.0 Å². The Bertz CT molecular complexity index is 493. The molecule has 1 aromatic rings. The molecule has 1 unspecified atom stereocenters. The molecular formula is C14H19F2N3O. The lowest BCUT2D eigenvalue weighted by atomic mass is 10.1. The van der Waals surface area contributed by atoms with Crippen LogP contribution in [0.2, 0.25) is 0 Å². The van der Waals surface area contributed by atoms with Gasteiger partial charge in [-0.2, -0.15) is 0 Å². The fraction of sp³-hybridized carbons (Fsp3) is 0.500. The molecule has 0 bridgehead atoms. The Morgan fingerprint density at radius 3 is 2.55 bits per heavy atom. The quantitative estimate of drug-likeness (QED) is 0.881. The molecular weight excluding hydrogens is 264 g/mol. The maximum atomic E-state index is 13.7. The van der Waals surface area contributed by atoms with Gasteiger partial charge in [-0.05, 0) is 32.4 Å². The number of benzene rings is 1. The lowest BCUT2D eigenvalue weighted by Gasteiger charge is -2.23. The highest BCUT2D eigenvalue weighted by molar-refractivity contribution is 5.85. The van der Waals surface area contributed by atoms with E-state index in [1.807, 2.05) is 0 Å². The number of carbonyl (C=O) groups is 1. The van der Waals surface area contributed by atoms with E-state index in [-0.39, 0.29) is 17.6 Å². The number of nitrogens with one attached hydrogen (secondary N) is 1. The monoisotopic (exact) mass is 283 g/mol. The summed E-state index contributed by atoms with van der Waals surface area (Å²) < 4.78 is 27.4. The minimum Gasteiger partial charge on any atom is -0.365 e. The Hall–Kier alpha value is -1.69. The smallest absolute Gasteiger partial charge is 0.239 e. The Morgan fingerprint density at radius 1 is 1.40 bits per heavy atom. The molecule has 0 spiro atoms. The van der Waals surface area contributed by atoms with Crippen LogP contribution in [-0.2, 0) is 4.79 Å². The summed E-state index contributed by atoms with van der Waals surface area (Å²) in [6.45, 7) is 4.10. The van der Waals surface area contributed by atoms with Crippen LogP contribution in [0.25, 0.3) is 0 Å². The van der Waals surface area contributed by atoms with E-state index in [0.717, 1.165) is 0 Å². The lowest BCUT2D eigenvalue weighted by Crippen LogP contribution is -2.52. The molecule has 3 N–H and O–H groups in total. The van der Waals surface area contributed by atoms with Crippen LogP contribution in [0.5, 0.6) is 0 Å². The molecule has 0 radical (unpaired) electrons. The standard InChI is InChI=1S/C14H19F2N3O/c1-14(2,17)13(20)18-9-6-7-19(8-9)12-10(15)4-3-5-11(12)16/h3-5,9H,6-8,17H2,1-2H3,(H,18,20). The number of amides is 1. The highest BCUT2D eigenvalue weighted by Crippen LogP contribution is 2.26. The Morgan fingerprint density at radius 2 is 2.00 bits per heavy atom. The number of halogens is 2. The van der Waals surface area contributed by atoms with Crippen LogP contribution in [0, 0.1) is 11.6 Å². The number of hydrogen-bond donors (Lipinski definition) is 2. The summed E-state index contributed by atoms with van der Waals surface area (Å²) in [4.78, 5) is 13.4. The van der Waals surface area contributed by atoms with Crippen molar-refractivity contribution in [1.82, 2.24) is 5.32 Å². The summed E-state index contributed by atoms with van der Waals surface area (Å²) in [5.41, 5.74) is 4.71. The van der Waals surface area contributed by atoms with Gasteiger partial charge in [-0.25, -0.2) is 8.78 Å². The van der Waals surface area contributed by atoms with Gasteiger partial charge in [0.1, 0.15) is 17.3 Å². The van der Waals surface area contributed by atoms with E-state index in [1.165, 1.54) is 18.2 Å². The molecule has 1 fully saturated rings. The second kappa shape index (κ2) is 5.36. The number of nitrogens with two attached hydrogens (primary N) is 1. The maximum Gasteiger partial charge on any atom is 0.239 e. The molecule has 1 aliphatic rings. The van der Waals surface area contributed by atoms with Gasteiger partial charge < -0.3 is 16.0 Å². The van der Waals surface area contributed by atoms with E-state index in [1.54, 1.807) is 18.7 Å². The normalized spacial score (nSPS) is 19.2. The van der Waals surface area contributed by atoms with Crippen LogP contribution in [0.4, 0.5) is 14.5 Å². The number of nitrogens with zero attached hydrogens (tertiary/aromatic N) is 1. The fourth-order valence-electron chi connectivity index (χ4n) is 2.24. The van der Waals surface area contributed by atoms with Gasteiger partial charge in [0.25, 0.3) is 0 Å². The summed E-state index contributed by atoms with van der Waals surface area (Å²) in [6, 6.07) is 3.64. The zero-order valence-corrected chi connectivity index (χ0v) is 11.6. The first kappa shape index (κ1) is 14.7. The summed E-state index contributed by atoms with van der Waals surface area (Å²) in [5, 5.41) is 2.81. The molecule has 110 valence electrons. The van der Waals surface area contributed by atoms with Gasteiger partial charge in [0.15, 0.2) is 0 Å². The zero-order chi connectivity index (χ0) is 14.9. The second-order valence-corrected chi connectivity index (χ2v) is 5.70. The SMILES string of the molecule is CC(C)(N)C(=O)NC1CCN(c2c(F)cccc2F)C1. The third-order valence-corrected chi connectivity index (χ3v) is 3.36. The van der Waals surface area contributed by atoms with Crippen molar-refractivity contribution >= 4 is 11.6 Å². The van der Waals surface area contributed by atoms with E-state index < -0.39 is 17.2 Å². The first-order valence-electron chi connectivity index (χ1n) is 6.58. The van der Waals surface area contributed by atoms with Crippen LogP contribution in [0.1, 0.15) is 20.3 Å². The predicted molar refractivity (Wildman–Crippen MR) is 73.4 cm³/mol. The number of carbonyl (C=O) groups excluding carboxylic acids is 1. The highest BCUT2D eigenvalue weighted by Gasteiger charge is 2.30. The van der Waals surface area contributed by atoms with Gasteiger partial charge in [0, 0.05) is 19.1 Å². The van der Waals surface area contributed by atoms with Crippen LogP contribution < -0.4 is 16.0 Å². The van der Waals surface area contributed by atoms with Crippen molar-refractivity contribution in [2.45, 2.75) is 31.8 Å². The van der Waals surface area contributed by atoms with Crippen LogP contribution in [0.15, 0.2) is 18.2 Å². The minimum absolute atomic E-state index is 0.0312. The van der Waals surface area contributed by atoms with Gasteiger partial charge in [-0.15, -0.1) is 0 Å². The maximum absolute atomic E-state index is 13.7. The zero-order valence-electron chi connectivity index (χ0n) is 11.6. The molecule has 0 aliphatic carbocycles. The van der Waals surface area contributed by atoms with Crippen LogP contribution in [0.3, 0.4) is 0 Å². The predicted octanol–water partition coefficient (Wildman–Crippen LogP) is 1.40. The molecule has 1 aliphatic heterocycles. The Kier molecular flexibility index (Phi) is 3.94. The topological polar surface area (TPSA) is 58.4 Å². The average Bonchev–Trinajstić information content (AvgIpc) is 2.76. The van der Waals surface area contributed by atoms with Crippen molar-refractivity contribution < 1.29 is 13.6 Å². The molecule has 6 heteroatoms. The van der Waals surface area contributed by atoms with Gasteiger partial charge in [0.2, 0.25) is 5.91 Å². The molecule has 20 heavy (non-hydrogen) atoms. The first-order chi connectivity index (χ1) is 9.29. The fourth-order valence-corrected chi connectivity index (χ4v) is 2.24. The molecule has 1 heterocycles. The summed E-state index contributed by atoms with van der Waals surface area (Å²) >= 11 is 0. The second-order valence-electron chi connectivity index (χ2n) is 5.70.